The Morgan fingerprint density at radius 3 is 2.53 bits per heavy atom. The van der Waals surface area contributed by atoms with Gasteiger partial charge < -0.3 is 15.0 Å². The molecule has 1 aliphatic heterocycles. The second-order valence-electron chi connectivity index (χ2n) is 7.38. The van der Waals surface area contributed by atoms with Crippen LogP contribution in [0, 0.1) is 0 Å². The summed E-state index contributed by atoms with van der Waals surface area (Å²) in [6.45, 7) is 0.579. The fraction of sp³-hybridized carbons (Fsp3) is 0.167. The number of carbonyl (C=O) groups excluding carboxylic acids is 2. The van der Waals surface area contributed by atoms with Gasteiger partial charge in [-0.15, -0.1) is 0 Å². The van der Waals surface area contributed by atoms with E-state index >= 15 is 0 Å². The number of ether oxygens (including phenoxy) is 1. The van der Waals surface area contributed by atoms with Crippen LogP contribution >= 0.6 is 0 Å². The molecule has 5 nitrogen and oxygen atoms in total. The largest absolute Gasteiger partial charge is 0.483 e. The van der Waals surface area contributed by atoms with Crippen molar-refractivity contribution in [2.75, 3.05) is 11.9 Å². The molecule has 164 valence electrons. The molecule has 0 atom stereocenters. The smallest absolute Gasteiger partial charge is 0.416 e. The molecule has 3 aromatic carbocycles. The number of nitrogens with one attached hydrogen (secondary N) is 1. The van der Waals surface area contributed by atoms with Crippen LogP contribution in [0.3, 0.4) is 0 Å². The number of anilines is 1. The van der Waals surface area contributed by atoms with Crippen LogP contribution in [0.25, 0.3) is 0 Å². The monoisotopic (exact) mass is 440 g/mol. The third-order valence-electron chi connectivity index (χ3n) is 5.05. The SMILES string of the molecule is O=C(Nc1ccc2c(c1)CN(Cc1ccccc1)C(=O)CO2)c1cccc(C(F)(F)F)c1. The van der Waals surface area contributed by atoms with Gasteiger partial charge in [0.1, 0.15) is 5.75 Å². The average Bonchev–Trinajstić information content (AvgIpc) is 2.92. The van der Waals surface area contributed by atoms with Crippen LogP contribution in [0.15, 0.2) is 72.8 Å². The van der Waals surface area contributed by atoms with E-state index in [0.29, 0.717) is 23.5 Å². The molecule has 32 heavy (non-hydrogen) atoms. The number of halogens is 3. The Morgan fingerprint density at radius 1 is 1.00 bits per heavy atom. The highest BCUT2D eigenvalue weighted by Gasteiger charge is 2.31. The Morgan fingerprint density at radius 2 is 1.78 bits per heavy atom. The predicted octanol–water partition coefficient (Wildman–Crippen LogP) is 4.88. The molecule has 3 aromatic rings. The molecule has 1 heterocycles. The van der Waals surface area contributed by atoms with Gasteiger partial charge in [-0.3, -0.25) is 9.59 Å². The molecule has 0 aliphatic carbocycles. The minimum atomic E-state index is -4.54. The summed E-state index contributed by atoms with van der Waals surface area (Å²) in [7, 11) is 0. The average molecular weight is 440 g/mol. The summed E-state index contributed by atoms with van der Waals surface area (Å²) in [5, 5.41) is 2.62. The molecule has 0 unspecified atom stereocenters. The van der Waals surface area contributed by atoms with Crippen molar-refractivity contribution in [3.8, 4) is 5.75 Å². The lowest BCUT2D eigenvalue weighted by molar-refractivity contribution is -0.137. The lowest BCUT2D eigenvalue weighted by Gasteiger charge is -2.20. The zero-order valence-electron chi connectivity index (χ0n) is 16.9. The van der Waals surface area contributed by atoms with Crippen molar-refractivity contribution in [3.63, 3.8) is 0 Å². The first-order valence-electron chi connectivity index (χ1n) is 9.85. The maximum atomic E-state index is 12.9. The van der Waals surface area contributed by atoms with Crippen LogP contribution in [0.2, 0.25) is 0 Å². The molecule has 0 aromatic heterocycles. The molecule has 0 radical (unpaired) electrons. The zero-order chi connectivity index (χ0) is 22.7. The fourth-order valence-corrected chi connectivity index (χ4v) is 3.43. The van der Waals surface area contributed by atoms with Gasteiger partial charge in [-0.25, -0.2) is 0 Å². The van der Waals surface area contributed by atoms with E-state index in [0.717, 1.165) is 17.7 Å². The van der Waals surface area contributed by atoms with Crippen molar-refractivity contribution >= 4 is 17.5 Å². The standard InChI is InChI=1S/C24H19F3N2O3/c25-24(26,27)19-8-4-7-17(11-19)23(31)28-20-9-10-21-18(12-20)14-29(22(30)15-32-21)13-16-5-2-1-3-6-16/h1-12H,13-15H2,(H,28,31). The topological polar surface area (TPSA) is 58.6 Å². The Hall–Kier alpha value is -3.81. The first kappa shape index (κ1) is 21.4. The van der Waals surface area contributed by atoms with Crippen molar-refractivity contribution in [3.05, 3.63) is 95.1 Å². The lowest BCUT2D eigenvalue weighted by atomic mass is 10.1. The van der Waals surface area contributed by atoms with Crippen LogP contribution in [0.1, 0.15) is 27.0 Å². The summed E-state index contributed by atoms with van der Waals surface area (Å²) in [6.07, 6.45) is -4.54. The Bertz CT molecular complexity index is 1150. The van der Waals surface area contributed by atoms with E-state index in [-0.39, 0.29) is 24.6 Å². The summed E-state index contributed by atoms with van der Waals surface area (Å²) < 4.78 is 44.4. The first-order valence-corrected chi connectivity index (χ1v) is 9.85. The number of hydrogen-bond donors (Lipinski definition) is 1. The van der Waals surface area contributed by atoms with Crippen LogP contribution in [0.4, 0.5) is 18.9 Å². The number of alkyl halides is 3. The number of fused-ring (bicyclic) bond motifs is 1. The minimum Gasteiger partial charge on any atom is -0.483 e. The summed E-state index contributed by atoms with van der Waals surface area (Å²) in [5.41, 5.74) is 1.05. The van der Waals surface area contributed by atoms with Gasteiger partial charge in [0.25, 0.3) is 11.8 Å². The Labute approximate surface area is 182 Å². The summed E-state index contributed by atoms with van der Waals surface area (Å²) in [4.78, 5) is 26.7. The van der Waals surface area contributed by atoms with Gasteiger partial charge in [-0.2, -0.15) is 13.2 Å². The van der Waals surface area contributed by atoms with Gasteiger partial charge in [0.15, 0.2) is 6.61 Å². The quantitative estimate of drug-likeness (QED) is 0.629. The van der Waals surface area contributed by atoms with Crippen molar-refractivity contribution < 1.29 is 27.5 Å². The van der Waals surface area contributed by atoms with Gasteiger partial charge in [0.05, 0.1) is 5.56 Å². The highest BCUT2D eigenvalue weighted by Crippen LogP contribution is 2.30. The van der Waals surface area contributed by atoms with Crippen LogP contribution in [0.5, 0.6) is 5.75 Å². The number of amides is 2. The molecule has 1 aliphatic rings. The highest BCUT2D eigenvalue weighted by molar-refractivity contribution is 6.04. The number of nitrogens with zero attached hydrogens (tertiary/aromatic N) is 1. The molecular weight excluding hydrogens is 421 g/mol. The zero-order valence-corrected chi connectivity index (χ0v) is 16.9. The third kappa shape index (κ3) is 4.91. The number of rotatable bonds is 4. The molecule has 4 rings (SSSR count). The summed E-state index contributed by atoms with van der Waals surface area (Å²) in [6, 6.07) is 18.6. The Kier molecular flexibility index (Phi) is 5.85. The normalized spacial score (nSPS) is 13.7. The third-order valence-corrected chi connectivity index (χ3v) is 5.05. The van der Waals surface area contributed by atoms with E-state index in [1.807, 2.05) is 30.3 Å². The number of benzene rings is 3. The van der Waals surface area contributed by atoms with E-state index in [1.165, 1.54) is 12.1 Å². The van der Waals surface area contributed by atoms with E-state index in [1.54, 1.807) is 23.1 Å². The minimum absolute atomic E-state index is 0.101. The lowest BCUT2D eigenvalue weighted by Crippen LogP contribution is -2.31. The fourth-order valence-electron chi connectivity index (χ4n) is 3.43. The van der Waals surface area contributed by atoms with Crippen molar-refractivity contribution in [2.24, 2.45) is 0 Å². The van der Waals surface area contributed by atoms with Crippen LogP contribution in [-0.2, 0) is 24.1 Å². The van der Waals surface area contributed by atoms with Crippen molar-refractivity contribution in [1.82, 2.24) is 4.90 Å². The van der Waals surface area contributed by atoms with Crippen LogP contribution in [-0.4, -0.2) is 23.3 Å². The van der Waals surface area contributed by atoms with Crippen molar-refractivity contribution in [2.45, 2.75) is 19.3 Å². The highest BCUT2D eigenvalue weighted by atomic mass is 19.4. The maximum absolute atomic E-state index is 12.9. The van der Waals surface area contributed by atoms with E-state index in [9.17, 15) is 22.8 Å². The van der Waals surface area contributed by atoms with Gasteiger partial charge in [0, 0.05) is 29.9 Å². The van der Waals surface area contributed by atoms with Gasteiger partial charge in [0.2, 0.25) is 0 Å². The van der Waals surface area contributed by atoms with Gasteiger partial charge in [-0.1, -0.05) is 36.4 Å². The molecule has 0 spiro atoms. The van der Waals surface area contributed by atoms with Gasteiger partial charge >= 0.3 is 6.18 Å². The predicted molar refractivity (Wildman–Crippen MR) is 112 cm³/mol. The second kappa shape index (κ2) is 8.74. The number of carbonyl (C=O) groups is 2. The summed E-state index contributed by atoms with van der Waals surface area (Å²) in [5.74, 6) is -0.312. The molecule has 1 N–H and O–H groups in total. The molecule has 8 heteroatoms. The first-order chi connectivity index (χ1) is 15.3. The Balaban J connectivity index is 1.53. The van der Waals surface area contributed by atoms with E-state index in [4.69, 9.17) is 4.74 Å². The molecule has 2 amide bonds. The van der Waals surface area contributed by atoms with E-state index in [2.05, 4.69) is 5.32 Å². The number of hydrogen-bond acceptors (Lipinski definition) is 3. The maximum Gasteiger partial charge on any atom is 0.416 e. The second-order valence-corrected chi connectivity index (χ2v) is 7.38. The van der Waals surface area contributed by atoms with Crippen LogP contribution < -0.4 is 10.1 Å². The molecule has 0 saturated carbocycles. The van der Waals surface area contributed by atoms with E-state index < -0.39 is 17.6 Å². The molecular formula is C24H19F3N2O3. The van der Waals surface area contributed by atoms with Crippen molar-refractivity contribution in [1.29, 1.82) is 0 Å². The molecule has 0 bridgehead atoms. The summed E-state index contributed by atoms with van der Waals surface area (Å²) >= 11 is 0. The molecule has 0 fully saturated rings. The van der Waals surface area contributed by atoms with Gasteiger partial charge in [-0.05, 0) is 42.0 Å². The molecule has 0 saturated heterocycles.